The van der Waals surface area contributed by atoms with Crippen LogP contribution in [0.2, 0.25) is 0 Å². The number of nitrogens with one attached hydrogen (secondary N) is 1. The van der Waals surface area contributed by atoms with Gasteiger partial charge in [0.15, 0.2) is 5.65 Å². The fraction of sp³-hybridized carbons (Fsp3) is 0.200. The lowest BCUT2D eigenvalue weighted by atomic mass is 10.1. The molecule has 0 radical (unpaired) electrons. The molecule has 0 saturated heterocycles. The number of carbonyl (C=O) groups excluding carboxylic acids is 2. The second kappa shape index (κ2) is 9.12. The van der Waals surface area contributed by atoms with Gasteiger partial charge in [-0.05, 0) is 68.3 Å². The van der Waals surface area contributed by atoms with Crippen LogP contribution < -0.4 is 10.9 Å². The Morgan fingerprint density at radius 3 is 2.58 bits per heavy atom. The summed E-state index contributed by atoms with van der Waals surface area (Å²) in [6.45, 7) is 5.72. The van der Waals surface area contributed by atoms with E-state index >= 15 is 0 Å². The first-order chi connectivity index (χ1) is 15.9. The number of esters is 1. The molecule has 0 saturated carbocycles. The highest BCUT2D eigenvalue weighted by Crippen LogP contribution is 2.19. The highest BCUT2D eigenvalue weighted by atomic mass is 16.5. The highest BCUT2D eigenvalue weighted by Gasteiger charge is 2.20. The van der Waals surface area contributed by atoms with Crippen LogP contribution in [0, 0.1) is 13.8 Å². The number of hydrogen-bond donors (Lipinski definition) is 1. The molecule has 4 aromatic rings. The smallest absolute Gasteiger partial charge is 0.340 e. The Balaban J connectivity index is 1.74. The molecule has 0 fully saturated rings. The lowest BCUT2D eigenvalue weighted by Gasteiger charge is -2.14. The van der Waals surface area contributed by atoms with Gasteiger partial charge in [-0.15, -0.1) is 0 Å². The number of nitrogens with zero attached hydrogens (tertiary/aromatic N) is 3. The Labute approximate surface area is 190 Å². The zero-order valence-corrected chi connectivity index (χ0v) is 18.7. The van der Waals surface area contributed by atoms with E-state index < -0.39 is 11.9 Å². The van der Waals surface area contributed by atoms with E-state index in [1.165, 1.54) is 4.68 Å². The number of anilines is 1. The monoisotopic (exact) mass is 444 g/mol. The number of aryl methyl sites for hydroxylation is 2. The summed E-state index contributed by atoms with van der Waals surface area (Å²) in [6.07, 6.45) is 1.58. The fourth-order valence-corrected chi connectivity index (χ4v) is 3.65. The van der Waals surface area contributed by atoms with Crippen molar-refractivity contribution in [3.05, 3.63) is 87.8 Å². The van der Waals surface area contributed by atoms with Crippen molar-refractivity contribution in [2.75, 3.05) is 11.9 Å². The average Bonchev–Trinajstić information content (AvgIpc) is 3.08. The summed E-state index contributed by atoms with van der Waals surface area (Å²) in [4.78, 5) is 42.8. The number of carbonyl (C=O) groups is 2. The molecule has 33 heavy (non-hydrogen) atoms. The first-order valence-corrected chi connectivity index (χ1v) is 10.6. The number of amides is 1. The van der Waals surface area contributed by atoms with Crippen LogP contribution in [-0.2, 0) is 16.1 Å². The minimum absolute atomic E-state index is 0.181. The summed E-state index contributed by atoms with van der Waals surface area (Å²) in [5.74, 6) is -0.930. The van der Waals surface area contributed by atoms with E-state index in [1.54, 1.807) is 54.2 Å². The Morgan fingerprint density at radius 1 is 1.03 bits per heavy atom. The van der Waals surface area contributed by atoms with Gasteiger partial charge in [0.2, 0.25) is 5.91 Å². The topological polar surface area (TPSA) is 95.2 Å². The Bertz CT molecular complexity index is 1420. The summed E-state index contributed by atoms with van der Waals surface area (Å²) in [7, 11) is 0. The number of benzene rings is 2. The number of rotatable bonds is 6. The molecule has 1 N–H and O–H groups in total. The fourth-order valence-electron chi connectivity index (χ4n) is 3.65. The number of aromatic nitrogens is 3. The number of fused-ring (bicyclic) bond motifs is 1. The SMILES string of the molecule is CCOC(=O)c1ccccc1NC(=O)Cn1c2ncccc2c(=O)n1-c1ccc(C)c(C)c1. The molecule has 2 heterocycles. The lowest BCUT2D eigenvalue weighted by Crippen LogP contribution is -2.27. The molecule has 0 spiro atoms. The Morgan fingerprint density at radius 2 is 1.82 bits per heavy atom. The molecule has 2 aromatic heterocycles. The third kappa shape index (κ3) is 4.27. The van der Waals surface area contributed by atoms with E-state index in [1.807, 2.05) is 32.0 Å². The minimum Gasteiger partial charge on any atom is -0.462 e. The van der Waals surface area contributed by atoms with Gasteiger partial charge in [0.05, 0.1) is 28.9 Å². The van der Waals surface area contributed by atoms with E-state index in [9.17, 15) is 14.4 Å². The normalized spacial score (nSPS) is 10.9. The van der Waals surface area contributed by atoms with Gasteiger partial charge in [-0.2, -0.15) is 0 Å². The van der Waals surface area contributed by atoms with Crippen LogP contribution in [0.1, 0.15) is 28.4 Å². The molecule has 4 rings (SSSR count). The van der Waals surface area contributed by atoms with Gasteiger partial charge in [-0.3, -0.25) is 14.3 Å². The van der Waals surface area contributed by atoms with Crippen LogP contribution in [0.15, 0.2) is 65.6 Å². The predicted molar refractivity (Wildman–Crippen MR) is 126 cm³/mol. The van der Waals surface area contributed by atoms with Gasteiger partial charge < -0.3 is 10.1 Å². The van der Waals surface area contributed by atoms with Crippen molar-refractivity contribution in [1.82, 2.24) is 14.3 Å². The molecule has 8 heteroatoms. The van der Waals surface area contributed by atoms with Gasteiger partial charge in [-0.25, -0.2) is 14.5 Å². The zero-order valence-electron chi connectivity index (χ0n) is 18.7. The standard InChI is InChI=1S/C25H24N4O4/c1-4-33-25(32)19-8-5-6-10-21(19)27-22(30)15-28-23-20(9-7-13-26-23)24(31)29(28)18-12-11-16(2)17(3)14-18/h5-14H,4,15H2,1-3H3,(H,27,30). The van der Waals surface area contributed by atoms with Crippen molar-refractivity contribution < 1.29 is 14.3 Å². The van der Waals surface area contributed by atoms with Crippen molar-refractivity contribution in [3.8, 4) is 5.69 Å². The van der Waals surface area contributed by atoms with Crippen LogP contribution in [0.25, 0.3) is 16.7 Å². The van der Waals surface area contributed by atoms with E-state index in [2.05, 4.69) is 10.3 Å². The van der Waals surface area contributed by atoms with Crippen LogP contribution in [0.4, 0.5) is 5.69 Å². The minimum atomic E-state index is -0.520. The molecule has 0 atom stereocenters. The molecule has 2 aromatic carbocycles. The van der Waals surface area contributed by atoms with Gasteiger partial charge in [0.1, 0.15) is 6.54 Å². The number of ether oxygens (including phenoxy) is 1. The summed E-state index contributed by atoms with van der Waals surface area (Å²) in [6, 6.07) is 15.7. The van der Waals surface area contributed by atoms with Crippen LogP contribution in [0.3, 0.4) is 0 Å². The van der Waals surface area contributed by atoms with Crippen LogP contribution in [0.5, 0.6) is 0 Å². The Hall–Kier alpha value is -4.20. The van der Waals surface area contributed by atoms with E-state index in [-0.39, 0.29) is 24.3 Å². The maximum Gasteiger partial charge on any atom is 0.340 e. The van der Waals surface area contributed by atoms with Gasteiger partial charge >= 0.3 is 5.97 Å². The molecule has 1 amide bonds. The number of pyridine rings is 1. The van der Waals surface area contributed by atoms with Crippen molar-refractivity contribution >= 4 is 28.6 Å². The maximum absolute atomic E-state index is 13.2. The molecule has 168 valence electrons. The Kier molecular flexibility index (Phi) is 6.08. The summed E-state index contributed by atoms with van der Waals surface area (Å²) < 4.78 is 8.08. The van der Waals surface area contributed by atoms with Crippen molar-refractivity contribution in [2.45, 2.75) is 27.3 Å². The molecule has 8 nitrogen and oxygen atoms in total. The second-order valence-corrected chi connectivity index (χ2v) is 7.63. The largest absolute Gasteiger partial charge is 0.462 e. The van der Waals surface area contributed by atoms with E-state index in [0.29, 0.717) is 22.4 Å². The molecular weight excluding hydrogens is 420 g/mol. The summed E-state index contributed by atoms with van der Waals surface area (Å²) >= 11 is 0. The number of hydrogen-bond acceptors (Lipinski definition) is 5. The first-order valence-electron chi connectivity index (χ1n) is 10.6. The highest BCUT2D eigenvalue weighted by molar-refractivity contribution is 6.01. The summed E-state index contributed by atoms with van der Waals surface area (Å²) in [5, 5.41) is 3.18. The first kappa shape index (κ1) is 22.0. The molecule has 0 aliphatic rings. The molecule has 0 aliphatic heterocycles. The van der Waals surface area contributed by atoms with Gasteiger partial charge in [-0.1, -0.05) is 18.2 Å². The average molecular weight is 444 g/mol. The van der Waals surface area contributed by atoms with Crippen molar-refractivity contribution in [3.63, 3.8) is 0 Å². The van der Waals surface area contributed by atoms with E-state index in [0.717, 1.165) is 11.1 Å². The van der Waals surface area contributed by atoms with Crippen LogP contribution >= 0.6 is 0 Å². The molecule has 0 bridgehead atoms. The molecule has 0 unspecified atom stereocenters. The third-order valence-electron chi connectivity index (χ3n) is 5.42. The third-order valence-corrected chi connectivity index (χ3v) is 5.42. The molecular formula is C25H24N4O4. The van der Waals surface area contributed by atoms with Crippen molar-refractivity contribution in [1.29, 1.82) is 0 Å². The van der Waals surface area contributed by atoms with Crippen molar-refractivity contribution in [2.24, 2.45) is 0 Å². The maximum atomic E-state index is 13.2. The molecule has 0 aliphatic carbocycles. The quantitative estimate of drug-likeness (QED) is 0.459. The van der Waals surface area contributed by atoms with Gasteiger partial charge in [0, 0.05) is 6.20 Å². The number of para-hydroxylation sites is 1. The van der Waals surface area contributed by atoms with Gasteiger partial charge in [0.25, 0.3) is 5.56 Å². The lowest BCUT2D eigenvalue weighted by molar-refractivity contribution is -0.116. The van der Waals surface area contributed by atoms with Crippen LogP contribution in [-0.4, -0.2) is 32.8 Å². The zero-order chi connectivity index (χ0) is 23.5. The van der Waals surface area contributed by atoms with E-state index in [4.69, 9.17) is 4.74 Å². The predicted octanol–water partition coefficient (Wildman–Crippen LogP) is 3.62. The second-order valence-electron chi connectivity index (χ2n) is 7.63. The summed E-state index contributed by atoms with van der Waals surface area (Å²) in [5.41, 5.74) is 3.49.